The van der Waals surface area contributed by atoms with Crippen LogP contribution in [0.3, 0.4) is 0 Å². The first kappa shape index (κ1) is 13.1. The van der Waals surface area contributed by atoms with Crippen molar-refractivity contribution < 1.29 is 19.4 Å². The average molecular weight is 280 g/mol. The molecule has 20 heavy (non-hydrogen) atoms. The Balaban J connectivity index is 1.77. The molecule has 0 amide bonds. The second-order valence-corrected chi connectivity index (χ2v) is 7.83. The number of carboxylic acids is 1. The fourth-order valence-corrected chi connectivity index (χ4v) is 5.44. The highest BCUT2D eigenvalue weighted by Gasteiger charge is 2.75. The average Bonchev–Trinajstić information content (AvgIpc) is 3.26. The van der Waals surface area contributed by atoms with E-state index >= 15 is 0 Å². The van der Waals surface area contributed by atoms with Crippen LogP contribution in [-0.2, 0) is 14.3 Å². The maximum Gasteiger partial charge on any atom is 0.310 e. The van der Waals surface area contributed by atoms with Gasteiger partial charge in [-0.3, -0.25) is 4.79 Å². The van der Waals surface area contributed by atoms with Crippen molar-refractivity contribution in [2.24, 2.45) is 16.7 Å². The Morgan fingerprint density at radius 2 is 1.95 bits per heavy atom. The van der Waals surface area contributed by atoms with E-state index in [4.69, 9.17) is 9.47 Å². The maximum atomic E-state index is 12.0. The number of carboxylic acid groups (broad SMARTS) is 1. The zero-order valence-corrected chi connectivity index (χ0v) is 12.5. The molecule has 2 saturated heterocycles. The highest BCUT2D eigenvalue weighted by molar-refractivity contribution is 5.76. The Morgan fingerprint density at radius 1 is 1.20 bits per heavy atom. The van der Waals surface area contributed by atoms with Crippen molar-refractivity contribution in [2.75, 3.05) is 0 Å². The van der Waals surface area contributed by atoms with Crippen LogP contribution in [0.2, 0.25) is 0 Å². The van der Waals surface area contributed by atoms with Crippen LogP contribution in [0.25, 0.3) is 0 Å². The van der Waals surface area contributed by atoms with Gasteiger partial charge in [0.05, 0.1) is 29.3 Å². The third kappa shape index (κ3) is 1.32. The van der Waals surface area contributed by atoms with Crippen LogP contribution in [0.4, 0.5) is 0 Å². The Hall–Kier alpha value is -0.610. The van der Waals surface area contributed by atoms with Crippen molar-refractivity contribution in [1.82, 2.24) is 0 Å². The maximum absolute atomic E-state index is 12.0. The first-order valence-corrected chi connectivity index (χ1v) is 7.91. The van der Waals surface area contributed by atoms with E-state index in [1.54, 1.807) is 0 Å². The summed E-state index contributed by atoms with van der Waals surface area (Å²) in [5.41, 5.74) is -1.13. The molecule has 2 saturated carbocycles. The van der Waals surface area contributed by atoms with Crippen LogP contribution < -0.4 is 0 Å². The molecule has 7 atom stereocenters. The van der Waals surface area contributed by atoms with Crippen molar-refractivity contribution in [3.63, 3.8) is 0 Å². The highest BCUT2D eigenvalue weighted by Crippen LogP contribution is 2.68. The van der Waals surface area contributed by atoms with Crippen LogP contribution >= 0.6 is 0 Å². The zero-order chi connectivity index (χ0) is 14.3. The van der Waals surface area contributed by atoms with Gasteiger partial charge in [0, 0.05) is 5.41 Å². The molecule has 2 aliphatic heterocycles. The predicted molar refractivity (Wildman–Crippen MR) is 72.4 cm³/mol. The van der Waals surface area contributed by atoms with E-state index in [-0.39, 0.29) is 23.2 Å². The minimum Gasteiger partial charge on any atom is -0.481 e. The number of hydrogen-bond donors (Lipinski definition) is 1. The molecular weight excluding hydrogens is 256 g/mol. The number of rotatable bonds is 2. The quantitative estimate of drug-likeness (QED) is 0.790. The Bertz CT molecular complexity index is 477. The van der Waals surface area contributed by atoms with E-state index < -0.39 is 11.4 Å². The van der Waals surface area contributed by atoms with Gasteiger partial charge in [-0.05, 0) is 45.4 Å². The van der Waals surface area contributed by atoms with Crippen molar-refractivity contribution in [3.8, 4) is 0 Å². The van der Waals surface area contributed by atoms with Crippen LogP contribution in [0.5, 0.6) is 0 Å². The van der Waals surface area contributed by atoms with Crippen molar-refractivity contribution >= 4 is 5.97 Å². The lowest BCUT2D eigenvalue weighted by Crippen LogP contribution is -2.58. The second kappa shape index (κ2) is 3.58. The second-order valence-electron chi connectivity index (χ2n) is 7.83. The van der Waals surface area contributed by atoms with Crippen LogP contribution in [0.15, 0.2) is 0 Å². The number of epoxide rings is 2. The Morgan fingerprint density at radius 3 is 2.65 bits per heavy atom. The van der Waals surface area contributed by atoms with Crippen molar-refractivity contribution in [2.45, 2.75) is 76.8 Å². The lowest BCUT2D eigenvalue weighted by molar-refractivity contribution is -0.167. The number of ether oxygens (including phenoxy) is 2. The fourth-order valence-electron chi connectivity index (χ4n) is 5.44. The molecule has 4 nitrogen and oxygen atoms in total. The molecule has 2 aliphatic carbocycles. The standard InChI is InChI=1S/C16H24O4/c1-14(13(17)18)8-7-9-12(19-9)15(14,2)10-5-4-6-11-16(10,3)20-11/h9-12H,4-8H2,1-3H3,(H,17,18). The smallest absolute Gasteiger partial charge is 0.310 e. The van der Waals surface area contributed by atoms with Crippen LogP contribution in [0.1, 0.15) is 52.9 Å². The van der Waals surface area contributed by atoms with Crippen molar-refractivity contribution in [3.05, 3.63) is 0 Å². The van der Waals surface area contributed by atoms with Crippen LogP contribution in [-0.4, -0.2) is 35.0 Å². The molecule has 2 heterocycles. The van der Waals surface area contributed by atoms with Gasteiger partial charge in [-0.2, -0.15) is 0 Å². The molecule has 4 aliphatic rings. The zero-order valence-electron chi connectivity index (χ0n) is 12.5. The summed E-state index contributed by atoms with van der Waals surface area (Å²) < 4.78 is 11.9. The molecule has 112 valence electrons. The molecule has 0 aromatic heterocycles. The molecular formula is C16H24O4. The topological polar surface area (TPSA) is 62.4 Å². The monoisotopic (exact) mass is 280 g/mol. The van der Waals surface area contributed by atoms with Gasteiger partial charge < -0.3 is 14.6 Å². The molecule has 0 spiro atoms. The predicted octanol–water partition coefficient (Wildman–Crippen LogP) is 2.60. The fraction of sp³-hybridized carbons (Fsp3) is 0.938. The van der Waals surface area contributed by atoms with Gasteiger partial charge >= 0.3 is 5.97 Å². The van der Waals surface area contributed by atoms with Gasteiger partial charge in [-0.25, -0.2) is 0 Å². The third-order valence-corrected chi connectivity index (χ3v) is 7.12. The highest BCUT2D eigenvalue weighted by atomic mass is 16.6. The lowest BCUT2D eigenvalue weighted by Gasteiger charge is -2.52. The number of fused-ring (bicyclic) bond motifs is 2. The van der Waals surface area contributed by atoms with Gasteiger partial charge in [0.25, 0.3) is 0 Å². The largest absolute Gasteiger partial charge is 0.481 e. The SMILES string of the molecule is CC12OC1CCCC2C1(C)C2OC2CCC1(C)C(=O)O. The van der Waals surface area contributed by atoms with Gasteiger partial charge in [0.2, 0.25) is 0 Å². The molecule has 4 heteroatoms. The molecule has 4 fully saturated rings. The van der Waals surface area contributed by atoms with E-state index in [0.29, 0.717) is 12.0 Å². The minimum absolute atomic E-state index is 0.113. The van der Waals surface area contributed by atoms with Gasteiger partial charge in [-0.1, -0.05) is 13.3 Å². The van der Waals surface area contributed by atoms with E-state index in [2.05, 4.69) is 13.8 Å². The summed E-state index contributed by atoms with van der Waals surface area (Å²) in [6.45, 7) is 6.27. The first-order chi connectivity index (χ1) is 9.34. The summed E-state index contributed by atoms with van der Waals surface area (Å²) in [6.07, 6.45) is 5.69. The summed E-state index contributed by atoms with van der Waals surface area (Å²) in [5.74, 6) is -0.370. The summed E-state index contributed by atoms with van der Waals surface area (Å²) in [7, 11) is 0. The molecule has 0 bridgehead atoms. The molecule has 4 rings (SSSR count). The van der Waals surface area contributed by atoms with E-state index in [0.717, 1.165) is 32.1 Å². The third-order valence-electron chi connectivity index (χ3n) is 7.12. The van der Waals surface area contributed by atoms with E-state index in [9.17, 15) is 9.90 Å². The van der Waals surface area contributed by atoms with Crippen molar-refractivity contribution in [1.29, 1.82) is 0 Å². The number of hydrogen-bond acceptors (Lipinski definition) is 3. The number of carbonyl (C=O) groups is 1. The Labute approximate surface area is 119 Å². The van der Waals surface area contributed by atoms with E-state index in [1.165, 1.54) is 0 Å². The molecule has 0 radical (unpaired) electrons. The molecule has 1 N–H and O–H groups in total. The first-order valence-electron chi connectivity index (χ1n) is 7.91. The van der Waals surface area contributed by atoms with Gasteiger partial charge in [0.1, 0.15) is 0 Å². The molecule has 0 aromatic rings. The van der Waals surface area contributed by atoms with Gasteiger partial charge in [-0.15, -0.1) is 0 Å². The lowest BCUT2D eigenvalue weighted by atomic mass is 9.48. The van der Waals surface area contributed by atoms with Gasteiger partial charge in [0.15, 0.2) is 0 Å². The molecule has 0 aromatic carbocycles. The molecule has 7 unspecified atom stereocenters. The summed E-state index contributed by atoms with van der Waals surface area (Å²) in [6, 6.07) is 0. The van der Waals surface area contributed by atoms with Crippen LogP contribution in [0, 0.1) is 16.7 Å². The number of aliphatic carboxylic acids is 1. The minimum atomic E-state index is -0.702. The summed E-state index contributed by atoms with van der Waals surface area (Å²) in [5, 5.41) is 9.89. The van der Waals surface area contributed by atoms with E-state index in [1.807, 2.05) is 6.92 Å². The normalized spacial score (nSPS) is 60.4. The Kier molecular flexibility index (Phi) is 2.34. The summed E-state index contributed by atoms with van der Waals surface area (Å²) in [4.78, 5) is 12.0. The summed E-state index contributed by atoms with van der Waals surface area (Å²) >= 11 is 0.